The molecule has 1 atom stereocenters. The number of hydrogen-bond acceptors (Lipinski definition) is 3. The fraction of sp³-hybridized carbons (Fsp3) is 0.818. The molecule has 0 N–H and O–H groups in total. The third-order valence-corrected chi connectivity index (χ3v) is 2.63. The lowest BCUT2D eigenvalue weighted by Crippen LogP contribution is -2.08. The van der Waals surface area contributed by atoms with Crippen molar-refractivity contribution in [3.63, 3.8) is 0 Å². The van der Waals surface area contributed by atoms with Gasteiger partial charge in [-0.15, -0.1) is 0 Å². The minimum atomic E-state index is -1.09. The van der Waals surface area contributed by atoms with E-state index >= 15 is 0 Å². The molecule has 1 heterocycles. The van der Waals surface area contributed by atoms with Crippen molar-refractivity contribution >= 4 is 0 Å². The SMILES string of the molecule is CCCCCCC[C@H]1OC1(C#N)C#N. The third-order valence-electron chi connectivity index (χ3n) is 2.63. The molecule has 0 spiro atoms. The monoisotopic (exact) mass is 192 g/mol. The molecule has 76 valence electrons. The van der Waals surface area contributed by atoms with Gasteiger partial charge in [0, 0.05) is 0 Å². The van der Waals surface area contributed by atoms with Crippen molar-refractivity contribution in [3.8, 4) is 12.1 Å². The molecular weight excluding hydrogens is 176 g/mol. The predicted molar refractivity (Wildman–Crippen MR) is 52.2 cm³/mol. The molecule has 0 bridgehead atoms. The van der Waals surface area contributed by atoms with Crippen molar-refractivity contribution in [3.05, 3.63) is 0 Å². The summed E-state index contributed by atoms with van der Waals surface area (Å²) >= 11 is 0. The van der Waals surface area contributed by atoms with Crippen LogP contribution in [0.5, 0.6) is 0 Å². The summed E-state index contributed by atoms with van der Waals surface area (Å²) in [5, 5.41) is 17.3. The largest absolute Gasteiger partial charge is 0.337 e. The van der Waals surface area contributed by atoms with E-state index in [1.807, 2.05) is 12.1 Å². The molecule has 0 aliphatic carbocycles. The molecule has 0 unspecified atom stereocenters. The van der Waals surface area contributed by atoms with Gasteiger partial charge in [-0.1, -0.05) is 39.0 Å². The minimum Gasteiger partial charge on any atom is -0.337 e. The van der Waals surface area contributed by atoms with Crippen molar-refractivity contribution in [2.75, 3.05) is 0 Å². The van der Waals surface area contributed by atoms with Gasteiger partial charge < -0.3 is 4.74 Å². The normalized spacial score (nSPS) is 22.4. The fourth-order valence-electron chi connectivity index (χ4n) is 1.61. The second-order valence-electron chi connectivity index (χ2n) is 3.77. The van der Waals surface area contributed by atoms with Crippen molar-refractivity contribution in [1.82, 2.24) is 0 Å². The van der Waals surface area contributed by atoms with Gasteiger partial charge in [0.1, 0.15) is 18.2 Å². The Bertz CT molecular complexity index is 247. The van der Waals surface area contributed by atoms with Crippen LogP contribution in [0, 0.1) is 22.7 Å². The Balaban J connectivity index is 2.07. The molecule has 3 nitrogen and oxygen atoms in total. The molecule has 0 aromatic heterocycles. The number of unbranched alkanes of at least 4 members (excludes halogenated alkanes) is 4. The maximum absolute atomic E-state index is 8.67. The first-order valence-electron chi connectivity index (χ1n) is 5.29. The lowest BCUT2D eigenvalue weighted by molar-refractivity contribution is 0.354. The highest BCUT2D eigenvalue weighted by Crippen LogP contribution is 2.38. The van der Waals surface area contributed by atoms with Crippen LogP contribution in [0.1, 0.15) is 45.4 Å². The first-order valence-corrected chi connectivity index (χ1v) is 5.29. The molecule has 0 aromatic rings. The van der Waals surface area contributed by atoms with Gasteiger partial charge in [0.25, 0.3) is 5.60 Å². The summed E-state index contributed by atoms with van der Waals surface area (Å²) in [6, 6.07) is 3.84. The predicted octanol–water partition coefficient (Wildman–Crippen LogP) is 2.53. The van der Waals surface area contributed by atoms with E-state index in [9.17, 15) is 0 Å². The zero-order valence-electron chi connectivity index (χ0n) is 8.62. The van der Waals surface area contributed by atoms with Crippen LogP contribution >= 0.6 is 0 Å². The van der Waals surface area contributed by atoms with Crippen LogP contribution in [0.3, 0.4) is 0 Å². The lowest BCUT2D eigenvalue weighted by Gasteiger charge is -1.97. The van der Waals surface area contributed by atoms with Crippen LogP contribution in [0.4, 0.5) is 0 Å². The zero-order valence-corrected chi connectivity index (χ0v) is 8.62. The first-order chi connectivity index (χ1) is 6.79. The Labute approximate surface area is 85.3 Å². The minimum absolute atomic E-state index is 0.126. The maximum atomic E-state index is 8.67. The molecule has 0 amide bonds. The Kier molecular flexibility index (Phi) is 3.92. The Morgan fingerprint density at radius 3 is 2.29 bits per heavy atom. The van der Waals surface area contributed by atoms with Gasteiger partial charge in [-0.05, 0) is 6.42 Å². The molecule has 14 heavy (non-hydrogen) atoms. The van der Waals surface area contributed by atoms with E-state index in [-0.39, 0.29) is 6.10 Å². The highest BCUT2D eigenvalue weighted by atomic mass is 16.6. The van der Waals surface area contributed by atoms with Crippen LogP contribution in [-0.2, 0) is 4.74 Å². The second-order valence-corrected chi connectivity index (χ2v) is 3.77. The first kappa shape index (κ1) is 11.0. The summed E-state index contributed by atoms with van der Waals surface area (Å²) in [6.07, 6.45) is 6.73. The molecule has 1 fully saturated rings. The van der Waals surface area contributed by atoms with Crippen LogP contribution in [0.25, 0.3) is 0 Å². The molecule has 1 aliphatic heterocycles. The highest BCUT2D eigenvalue weighted by Gasteiger charge is 2.57. The van der Waals surface area contributed by atoms with E-state index in [2.05, 4.69) is 6.92 Å². The molecule has 1 aliphatic rings. The van der Waals surface area contributed by atoms with Crippen molar-refractivity contribution in [2.45, 2.75) is 57.2 Å². The number of epoxide rings is 1. The quantitative estimate of drug-likeness (QED) is 0.480. The third kappa shape index (κ3) is 2.47. The molecule has 3 heteroatoms. The molecular formula is C11H16N2O. The average Bonchev–Trinajstić information content (AvgIpc) is 2.92. The van der Waals surface area contributed by atoms with Crippen LogP contribution in [0.2, 0.25) is 0 Å². The number of rotatable bonds is 6. The van der Waals surface area contributed by atoms with E-state index in [1.54, 1.807) is 0 Å². The van der Waals surface area contributed by atoms with Gasteiger partial charge in [0.15, 0.2) is 0 Å². The second kappa shape index (κ2) is 4.98. The Morgan fingerprint density at radius 1 is 1.14 bits per heavy atom. The van der Waals surface area contributed by atoms with Crippen molar-refractivity contribution in [2.24, 2.45) is 0 Å². The average molecular weight is 192 g/mol. The number of nitriles is 2. The molecule has 1 rings (SSSR count). The van der Waals surface area contributed by atoms with Gasteiger partial charge in [-0.2, -0.15) is 10.5 Å². The Morgan fingerprint density at radius 2 is 1.79 bits per heavy atom. The topological polar surface area (TPSA) is 60.1 Å². The molecule has 0 aromatic carbocycles. The van der Waals surface area contributed by atoms with Gasteiger partial charge in [0.05, 0.1) is 0 Å². The zero-order chi connectivity index (χ0) is 10.4. The van der Waals surface area contributed by atoms with Gasteiger partial charge in [-0.3, -0.25) is 0 Å². The van der Waals surface area contributed by atoms with E-state index in [0.29, 0.717) is 0 Å². The summed E-state index contributed by atoms with van der Waals surface area (Å²) in [4.78, 5) is 0. The summed E-state index contributed by atoms with van der Waals surface area (Å²) in [5.74, 6) is 0. The van der Waals surface area contributed by atoms with Crippen LogP contribution < -0.4 is 0 Å². The van der Waals surface area contributed by atoms with Crippen LogP contribution in [-0.4, -0.2) is 11.7 Å². The number of hydrogen-bond donors (Lipinski definition) is 0. The van der Waals surface area contributed by atoms with E-state index in [1.165, 1.54) is 25.7 Å². The number of nitrogens with zero attached hydrogens (tertiary/aromatic N) is 2. The lowest BCUT2D eigenvalue weighted by atomic mass is 10.0. The smallest absolute Gasteiger partial charge is 0.268 e. The Hall–Kier alpha value is -1.06. The summed E-state index contributed by atoms with van der Waals surface area (Å²) < 4.78 is 5.09. The highest BCUT2D eigenvalue weighted by molar-refractivity contribution is 5.30. The van der Waals surface area contributed by atoms with Gasteiger partial charge in [0.2, 0.25) is 0 Å². The summed E-state index contributed by atoms with van der Waals surface area (Å²) in [6.45, 7) is 2.18. The van der Waals surface area contributed by atoms with Crippen molar-refractivity contribution < 1.29 is 4.74 Å². The molecule has 1 saturated heterocycles. The maximum Gasteiger partial charge on any atom is 0.268 e. The van der Waals surface area contributed by atoms with E-state index in [4.69, 9.17) is 15.3 Å². The van der Waals surface area contributed by atoms with Crippen LogP contribution in [0.15, 0.2) is 0 Å². The van der Waals surface area contributed by atoms with E-state index < -0.39 is 5.60 Å². The van der Waals surface area contributed by atoms with Gasteiger partial charge in [-0.25, -0.2) is 0 Å². The van der Waals surface area contributed by atoms with E-state index in [0.717, 1.165) is 12.8 Å². The van der Waals surface area contributed by atoms with Gasteiger partial charge >= 0.3 is 0 Å². The molecule has 0 radical (unpaired) electrons. The standard InChI is InChI=1S/C11H16N2O/c1-2-3-4-5-6-7-10-11(8-12,9-13)14-10/h10H,2-7H2,1H3/t10-/m1/s1. The summed E-state index contributed by atoms with van der Waals surface area (Å²) in [7, 11) is 0. The fourth-order valence-corrected chi connectivity index (χ4v) is 1.61. The molecule has 0 saturated carbocycles. The summed E-state index contributed by atoms with van der Waals surface area (Å²) in [5.41, 5.74) is -1.09. The number of ether oxygens (including phenoxy) is 1. The van der Waals surface area contributed by atoms with Crippen molar-refractivity contribution in [1.29, 1.82) is 10.5 Å².